The van der Waals surface area contributed by atoms with Crippen molar-refractivity contribution in [3.63, 3.8) is 0 Å². The van der Waals surface area contributed by atoms with E-state index < -0.39 is 0 Å². The third-order valence-electron chi connectivity index (χ3n) is 6.00. The van der Waals surface area contributed by atoms with Crippen LogP contribution in [-0.4, -0.2) is 61.3 Å². The number of hydrogen-bond acceptors (Lipinski definition) is 7. The van der Waals surface area contributed by atoms with Gasteiger partial charge < -0.3 is 19.0 Å². The van der Waals surface area contributed by atoms with Crippen molar-refractivity contribution in [2.75, 3.05) is 46.4 Å². The Morgan fingerprint density at radius 3 is 2.34 bits per heavy atom. The van der Waals surface area contributed by atoms with Gasteiger partial charge in [-0.2, -0.15) is 0 Å². The molecule has 1 aliphatic heterocycles. The van der Waals surface area contributed by atoms with Crippen molar-refractivity contribution < 1.29 is 19.0 Å². The number of methoxy groups -OCH3 is 1. The largest absolute Gasteiger partial charge is 0.508 e. The van der Waals surface area contributed by atoms with Gasteiger partial charge in [0.25, 0.3) is 0 Å². The first-order valence-electron chi connectivity index (χ1n) is 11.1. The van der Waals surface area contributed by atoms with E-state index in [4.69, 9.17) is 13.9 Å². The van der Waals surface area contributed by atoms with Gasteiger partial charge in [-0.05, 0) is 47.9 Å². The standard InChI is InChI=1S/C25H30N2O5/c1-3-18-14-22-19(15-25(29)32-24(22)16-23(18)28)17-27-10-8-26(9-11-27)12-13-31-21-6-4-20(30-2)5-7-21/h4-7,14-16,28H,3,8-13,17H2,1-2H3. The summed E-state index contributed by atoms with van der Waals surface area (Å²) in [6.45, 7) is 7.94. The van der Waals surface area contributed by atoms with E-state index in [-0.39, 0.29) is 11.4 Å². The van der Waals surface area contributed by atoms with Gasteiger partial charge in [-0.1, -0.05) is 6.92 Å². The van der Waals surface area contributed by atoms with Crippen molar-refractivity contribution in [2.45, 2.75) is 19.9 Å². The van der Waals surface area contributed by atoms with Gasteiger partial charge in [0, 0.05) is 56.8 Å². The summed E-state index contributed by atoms with van der Waals surface area (Å²) in [6.07, 6.45) is 0.720. The first kappa shape index (κ1) is 22.2. The molecule has 0 unspecified atom stereocenters. The van der Waals surface area contributed by atoms with Crippen LogP contribution in [0.1, 0.15) is 18.1 Å². The number of nitrogens with zero attached hydrogens (tertiary/aromatic N) is 2. The summed E-state index contributed by atoms with van der Waals surface area (Å²) in [6, 6.07) is 12.7. The van der Waals surface area contributed by atoms with E-state index in [1.165, 1.54) is 0 Å². The molecule has 0 bridgehead atoms. The number of aromatic hydroxyl groups is 1. The molecule has 4 rings (SSSR count). The van der Waals surface area contributed by atoms with Crippen LogP contribution in [0.4, 0.5) is 0 Å². The molecule has 0 spiro atoms. The highest BCUT2D eigenvalue weighted by Gasteiger charge is 2.19. The number of fused-ring (bicyclic) bond motifs is 1. The monoisotopic (exact) mass is 438 g/mol. The molecule has 170 valence electrons. The van der Waals surface area contributed by atoms with E-state index in [9.17, 15) is 9.90 Å². The molecule has 1 fully saturated rings. The minimum atomic E-state index is -0.384. The molecule has 1 saturated heterocycles. The van der Waals surface area contributed by atoms with Crippen LogP contribution in [0.15, 0.2) is 51.7 Å². The van der Waals surface area contributed by atoms with Gasteiger partial charge >= 0.3 is 5.63 Å². The topological polar surface area (TPSA) is 75.4 Å². The average molecular weight is 439 g/mol. The van der Waals surface area contributed by atoms with Gasteiger partial charge in [-0.3, -0.25) is 9.80 Å². The lowest BCUT2D eigenvalue weighted by atomic mass is 10.0. The molecule has 1 aliphatic rings. The molecule has 1 N–H and O–H groups in total. The second kappa shape index (κ2) is 10.1. The summed E-state index contributed by atoms with van der Waals surface area (Å²) in [7, 11) is 1.65. The van der Waals surface area contributed by atoms with Crippen molar-refractivity contribution in [1.82, 2.24) is 9.80 Å². The van der Waals surface area contributed by atoms with Gasteiger partial charge in [0.2, 0.25) is 0 Å². The van der Waals surface area contributed by atoms with Crippen molar-refractivity contribution >= 4 is 11.0 Å². The van der Waals surface area contributed by atoms with Gasteiger partial charge in [-0.25, -0.2) is 4.79 Å². The van der Waals surface area contributed by atoms with Crippen molar-refractivity contribution in [2.24, 2.45) is 0 Å². The molecule has 3 aromatic rings. The highest BCUT2D eigenvalue weighted by atomic mass is 16.5. The third kappa shape index (κ3) is 5.23. The molecule has 0 saturated carbocycles. The molecule has 7 heteroatoms. The second-order valence-corrected chi connectivity index (χ2v) is 8.06. The summed E-state index contributed by atoms with van der Waals surface area (Å²) < 4.78 is 16.3. The highest BCUT2D eigenvalue weighted by molar-refractivity contribution is 5.82. The predicted octanol–water partition coefficient (Wildman–Crippen LogP) is 3.27. The van der Waals surface area contributed by atoms with E-state index in [0.717, 1.165) is 67.2 Å². The number of hydrogen-bond donors (Lipinski definition) is 1. The quantitative estimate of drug-likeness (QED) is 0.541. The molecule has 0 atom stereocenters. The van der Waals surface area contributed by atoms with E-state index in [2.05, 4.69) is 9.80 Å². The Morgan fingerprint density at radius 2 is 1.66 bits per heavy atom. The van der Waals surface area contributed by atoms with Crippen molar-refractivity contribution in [3.05, 3.63) is 64.0 Å². The van der Waals surface area contributed by atoms with Crippen LogP contribution in [0.3, 0.4) is 0 Å². The van der Waals surface area contributed by atoms with Crippen LogP contribution in [0.2, 0.25) is 0 Å². The molecule has 0 amide bonds. The minimum Gasteiger partial charge on any atom is -0.508 e. The number of phenols is 1. The number of rotatable bonds is 8. The molecule has 1 aromatic heterocycles. The summed E-state index contributed by atoms with van der Waals surface area (Å²) in [5.74, 6) is 1.84. The second-order valence-electron chi connectivity index (χ2n) is 8.06. The molecular formula is C25H30N2O5. The molecule has 7 nitrogen and oxygen atoms in total. The van der Waals surface area contributed by atoms with Crippen LogP contribution in [0, 0.1) is 0 Å². The lowest BCUT2D eigenvalue weighted by molar-refractivity contribution is 0.112. The number of ether oxygens (including phenoxy) is 2. The zero-order valence-electron chi connectivity index (χ0n) is 18.7. The normalized spacial score (nSPS) is 15.2. The summed E-state index contributed by atoms with van der Waals surface area (Å²) in [5.41, 5.74) is 1.86. The van der Waals surface area contributed by atoms with Gasteiger partial charge in [0.05, 0.1) is 7.11 Å². The Balaban J connectivity index is 1.32. The molecule has 2 heterocycles. The Labute approximate surface area is 187 Å². The lowest BCUT2D eigenvalue weighted by Gasteiger charge is -2.34. The summed E-state index contributed by atoms with van der Waals surface area (Å²) in [5, 5.41) is 11.0. The molecular weight excluding hydrogens is 408 g/mol. The number of aryl methyl sites for hydroxylation is 1. The lowest BCUT2D eigenvalue weighted by Crippen LogP contribution is -2.47. The van der Waals surface area contributed by atoms with Gasteiger partial charge in [0.1, 0.15) is 29.4 Å². The van der Waals surface area contributed by atoms with E-state index in [0.29, 0.717) is 18.7 Å². The zero-order valence-corrected chi connectivity index (χ0v) is 18.7. The average Bonchev–Trinajstić information content (AvgIpc) is 2.80. The van der Waals surface area contributed by atoms with E-state index in [1.54, 1.807) is 19.2 Å². The first-order valence-corrected chi connectivity index (χ1v) is 11.1. The van der Waals surface area contributed by atoms with E-state index in [1.807, 2.05) is 37.3 Å². The molecule has 32 heavy (non-hydrogen) atoms. The van der Waals surface area contributed by atoms with Crippen molar-refractivity contribution in [1.29, 1.82) is 0 Å². The van der Waals surface area contributed by atoms with Crippen molar-refractivity contribution in [3.8, 4) is 17.2 Å². The van der Waals surface area contributed by atoms with Gasteiger partial charge in [0.15, 0.2) is 0 Å². The summed E-state index contributed by atoms with van der Waals surface area (Å²) in [4.78, 5) is 16.8. The molecule has 0 aliphatic carbocycles. The molecule has 2 aromatic carbocycles. The highest BCUT2D eigenvalue weighted by Crippen LogP contribution is 2.27. The predicted molar refractivity (Wildman–Crippen MR) is 124 cm³/mol. The Hall–Kier alpha value is -3.03. The van der Waals surface area contributed by atoms with Crippen LogP contribution in [0.5, 0.6) is 17.2 Å². The number of piperazine rings is 1. The first-order chi connectivity index (χ1) is 15.6. The Bertz CT molecular complexity index is 1100. The van der Waals surface area contributed by atoms with Gasteiger partial charge in [-0.15, -0.1) is 0 Å². The maximum Gasteiger partial charge on any atom is 0.336 e. The minimum absolute atomic E-state index is 0.172. The fourth-order valence-corrected chi connectivity index (χ4v) is 4.10. The number of benzene rings is 2. The van der Waals surface area contributed by atoms with E-state index >= 15 is 0 Å². The smallest absolute Gasteiger partial charge is 0.336 e. The number of phenolic OH excluding ortho intramolecular Hbond substituents is 1. The fraction of sp³-hybridized carbons (Fsp3) is 0.400. The van der Waals surface area contributed by atoms with Crippen LogP contribution < -0.4 is 15.1 Å². The van der Waals surface area contributed by atoms with Crippen LogP contribution in [-0.2, 0) is 13.0 Å². The Kier molecular flexibility index (Phi) is 6.97. The van der Waals surface area contributed by atoms with Crippen LogP contribution >= 0.6 is 0 Å². The Morgan fingerprint density at radius 1 is 0.969 bits per heavy atom. The fourth-order valence-electron chi connectivity index (χ4n) is 4.10. The third-order valence-corrected chi connectivity index (χ3v) is 6.00. The maximum atomic E-state index is 12.0. The molecule has 0 radical (unpaired) electrons. The van der Waals surface area contributed by atoms with Crippen LogP contribution in [0.25, 0.3) is 11.0 Å². The maximum absolute atomic E-state index is 12.0. The summed E-state index contributed by atoms with van der Waals surface area (Å²) >= 11 is 0. The zero-order chi connectivity index (χ0) is 22.5. The SMILES string of the molecule is CCc1cc2c(CN3CCN(CCOc4ccc(OC)cc4)CC3)cc(=O)oc2cc1O.